The van der Waals surface area contributed by atoms with E-state index in [2.05, 4.69) is 25.3 Å². The van der Waals surface area contributed by atoms with Gasteiger partial charge < -0.3 is 25.0 Å². The summed E-state index contributed by atoms with van der Waals surface area (Å²) in [7, 11) is 1.68. The molecule has 0 radical (unpaired) electrons. The SMILES string of the molecule is CCOc1cccc(CNC(=NC)NCCCN2CCCC2)c1OC(F)F.I. The second-order valence-corrected chi connectivity index (χ2v) is 6.31. The summed E-state index contributed by atoms with van der Waals surface area (Å²) in [4.78, 5) is 6.65. The molecule has 1 aliphatic heterocycles. The Morgan fingerprint density at radius 1 is 1.25 bits per heavy atom. The number of guanidine groups is 1. The van der Waals surface area contributed by atoms with Gasteiger partial charge in [0.15, 0.2) is 17.5 Å². The first-order valence-electron chi connectivity index (χ1n) is 9.50. The Balaban J connectivity index is 0.00000392. The number of ether oxygens (including phenoxy) is 2. The van der Waals surface area contributed by atoms with Crippen molar-refractivity contribution in [2.45, 2.75) is 39.3 Å². The van der Waals surface area contributed by atoms with Crippen LogP contribution in [0, 0.1) is 0 Å². The topological polar surface area (TPSA) is 58.1 Å². The van der Waals surface area contributed by atoms with Gasteiger partial charge in [0.25, 0.3) is 0 Å². The maximum absolute atomic E-state index is 12.8. The second-order valence-electron chi connectivity index (χ2n) is 6.31. The zero-order valence-electron chi connectivity index (χ0n) is 16.5. The summed E-state index contributed by atoms with van der Waals surface area (Å²) in [6.07, 6.45) is 3.61. The van der Waals surface area contributed by atoms with Gasteiger partial charge in [0, 0.05) is 25.7 Å². The number of nitrogens with zero attached hydrogens (tertiary/aromatic N) is 2. The first-order valence-corrected chi connectivity index (χ1v) is 9.50. The van der Waals surface area contributed by atoms with Crippen molar-refractivity contribution in [2.75, 3.05) is 39.8 Å². The number of benzene rings is 1. The van der Waals surface area contributed by atoms with E-state index in [9.17, 15) is 8.78 Å². The van der Waals surface area contributed by atoms with E-state index >= 15 is 0 Å². The fraction of sp³-hybridized carbons (Fsp3) is 0.632. The fourth-order valence-corrected chi connectivity index (χ4v) is 3.11. The molecule has 6 nitrogen and oxygen atoms in total. The third kappa shape index (κ3) is 8.34. The van der Waals surface area contributed by atoms with Crippen molar-refractivity contribution in [2.24, 2.45) is 4.99 Å². The smallest absolute Gasteiger partial charge is 0.387 e. The molecule has 2 rings (SSSR count). The van der Waals surface area contributed by atoms with Crippen LogP contribution in [0.1, 0.15) is 31.7 Å². The zero-order chi connectivity index (χ0) is 19.5. The molecule has 0 spiro atoms. The van der Waals surface area contributed by atoms with E-state index in [1.165, 1.54) is 25.9 Å². The van der Waals surface area contributed by atoms with E-state index in [1.807, 2.05) is 0 Å². The van der Waals surface area contributed by atoms with Crippen LogP contribution in [0.4, 0.5) is 8.78 Å². The predicted molar refractivity (Wildman–Crippen MR) is 118 cm³/mol. The Bertz CT molecular complexity index is 599. The Morgan fingerprint density at radius 2 is 2.00 bits per heavy atom. The van der Waals surface area contributed by atoms with Gasteiger partial charge in [-0.2, -0.15) is 8.78 Å². The molecule has 0 bridgehead atoms. The largest absolute Gasteiger partial charge is 0.490 e. The molecule has 1 aromatic carbocycles. The zero-order valence-corrected chi connectivity index (χ0v) is 18.9. The fourth-order valence-electron chi connectivity index (χ4n) is 3.11. The first-order chi connectivity index (χ1) is 13.1. The van der Waals surface area contributed by atoms with Gasteiger partial charge in [-0.1, -0.05) is 12.1 Å². The second kappa shape index (κ2) is 13.8. The first kappa shape index (κ1) is 24.7. The monoisotopic (exact) mass is 512 g/mol. The maximum Gasteiger partial charge on any atom is 0.387 e. The minimum Gasteiger partial charge on any atom is -0.490 e. The number of hydrogen-bond donors (Lipinski definition) is 2. The average Bonchev–Trinajstić information content (AvgIpc) is 3.16. The lowest BCUT2D eigenvalue weighted by Gasteiger charge is -2.18. The van der Waals surface area contributed by atoms with Gasteiger partial charge in [-0.3, -0.25) is 4.99 Å². The van der Waals surface area contributed by atoms with Crippen LogP contribution in [0.2, 0.25) is 0 Å². The van der Waals surface area contributed by atoms with Gasteiger partial charge in [0.05, 0.1) is 6.61 Å². The quantitative estimate of drug-likeness (QED) is 0.218. The van der Waals surface area contributed by atoms with E-state index in [0.29, 0.717) is 30.4 Å². The molecule has 9 heteroatoms. The number of nitrogens with one attached hydrogen (secondary N) is 2. The molecule has 1 heterocycles. The van der Waals surface area contributed by atoms with Crippen molar-refractivity contribution in [1.82, 2.24) is 15.5 Å². The summed E-state index contributed by atoms with van der Waals surface area (Å²) in [5, 5.41) is 6.40. The Hall–Kier alpha value is -1.36. The number of aliphatic imine (C=N–C) groups is 1. The normalized spacial score (nSPS) is 14.7. The van der Waals surface area contributed by atoms with Crippen LogP contribution in [-0.2, 0) is 6.54 Å². The Kier molecular flexibility index (Phi) is 12.1. The lowest BCUT2D eigenvalue weighted by atomic mass is 10.2. The number of hydrogen-bond acceptors (Lipinski definition) is 4. The van der Waals surface area contributed by atoms with Gasteiger partial charge in [-0.25, -0.2) is 0 Å². The van der Waals surface area contributed by atoms with Gasteiger partial charge >= 0.3 is 6.61 Å². The van der Waals surface area contributed by atoms with E-state index in [4.69, 9.17) is 4.74 Å². The van der Waals surface area contributed by atoms with Crippen LogP contribution in [0.15, 0.2) is 23.2 Å². The van der Waals surface area contributed by atoms with Crippen LogP contribution in [0.5, 0.6) is 11.5 Å². The van der Waals surface area contributed by atoms with E-state index < -0.39 is 6.61 Å². The summed E-state index contributed by atoms with van der Waals surface area (Å²) >= 11 is 0. The molecular weight excluding hydrogens is 481 g/mol. The van der Waals surface area contributed by atoms with Gasteiger partial charge in [0.2, 0.25) is 0 Å². The van der Waals surface area contributed by atoms with Crippen molar-refractivity contribution in [3.8, 4) is 11.5 Å². The molecule has 1 aliphatic rings. The van der Waals surface area contributed by atoms with Gasteiger partial charge in [-0.05, 0) is 51.9 Å². The average molecular weight is 512 g/mol. The summed E-state index contributed by atoms with van der Waals surface area (Å²) in [6.45, 7) is 3.82. The van der Waals surface area contributed by atoms with Crippen molar-refractivity contribution in [3.05, 3.63) is 23.8 Å². The highest BCUT2D eigenvalue weighted by molar-refractivity contribution is 14.0. The van der Waals surface area contributed by atoms with E-state index in [1.54, 1.807) is 32.2 Å². The molecule has 1 saturated heterocycles. The minimum absolute atomic E-state index is 0. The third-order valence-electron chi connectivity index (χ3n) is 4.38. The van der Waals surface area contributed by atoms with Crippen LogP contribution < -0.4 is 20.1 Å². The minimum atomic E-state index is -2.91. The third-order valence-corrected chi connectivity index (χ3v) is 4.38. The molecule has 2 N–H and O–H groups in total. The molecule has 0 unspecified atom stereocenters. The van der Waals surface area contributed by atoms with Crippen molar-refractivity contribution < 1.29 is 18.3 Å². The summed E-state index contributed by atoms with van der Waals surface area (Å²) < 4.78 is 35.7. The highest BCUT2D eigenvalue weighted by Gasteiger charge is 2.16. The summed E-state index contributed by atoms with van der Waals surface area (Å²) in [5.74, 6) is 0.998. The molecule has 0 aromatic heterocycles. The van der Waals surface area contributed by atoms with Crippen LogP contribution in [-0.4, -0.2) is 57.3 Å². The molecule has 1 fully saturated rings. The molecule has 0 amide bonds. The van der Waals surface area contributed by atoms with Gasteiger partial charge in [0.1, 0.15) is 0 Å². The number of halogens is 3. The lowest BCUT2D eigenvalue weighted by Crippen LogP contribution is -2.38. The molecular formula is C19H31F2IN4O2. The molecule has 28 heavy (non-hydrogen) atoms. The Morgan fingerprint density at radius 3 is 2.64 bits per heavy atom. The van der Waals surface area contributed by atoms with Crippen LogP contribution in [0.3, 0.4) is 0 Å². The van der Waals surface area contributed by atoms with Crippen LogP contribution >= 0.6 is 24.0 Å². The Labute approximate surface area is 183 Å². The molecule has 0 aliphatic carbocycles. The number of para-hydroxylation sites is 1. The van der Waals surface area contributed by atoms with E-state index in [-0.39, 0.29) is 29.7 Å². The number of alkyl halides is 2. The highest BCUT2D eigenvalue weighted by atomic mass is 127. The van der Waals surface area contributed by atoms with Gasteiger partial charge in [-0.15, -0.1) is 24.0 Å². The molecule has 1 aromatic rings. The molecule has 160 valence electrons. The molecule has 0 saturated carbocycles. The number of rotatable bonds is 10. The van der Waals surface area contributed by atoms with Crippen molar-refractivity contribution >= 4 is 29.9 Å². The van der Waals surface area contributed by atoms with Crippen LogP contribution in [0.25, 0.3) is 0 Å². The molecule has 0 atom stereocenters. The standard InChI is InChI=1S/C19H30F2N4O2.HI/c1-3-26-16-9-6-8-15(17(16)27-18(20)21)14-24-19(22-2)23-10-7-13-25-11-4-5-12-25;/h6,8-9,18H,3-5,7,10-14H2,1-2H3,(H2,22,23,24);1H. The number of likely N-dealkylation sites (tertiary alicyclic amines) is 1. The lowest BCUT2D eigenvalue weighted by molar-refractivity contribution is -0.0520. The van der Waals surface area contributed by atoms with E-state index in [0.717, 1.165) is 19.5 Å². The predicted octanol–water partition coefficient (Wildman–Crippen LogP) is 3.46. The summed E-state index contributed by atoms with van der Waals surface area (Å²) in [6, 6.07) is 5.11. The summed E-state index contributed by atoms with van der Waals surface area (Å²) in [5.41, 5.74) is 0.585. The highest BCUT2D eigenvalue weighted by Crippen LogP contribution is 2.32. The van der Waals surface area contributed by atoms with Crippen molar-refractivity contribution in [1.29, 1.82) is 0 Å². The maximum atomic E-state index is 12.8. The van der Waals surface area contributed by atoms with Crippen molar-refractivity contribution in [3.63, 3.8) is 0 Å².